The molecule has 0 aliphatic rings. The van der Waals surface area contributed by atoms with Crippen LogP contribution in [0.3, 0.4) is 0 Å². The van der Waals surface area contributed by atoms with Gasteiger partial charge in [-0.1, -0.05) is 37.3 Å². The van der Waals surface area contributed by atoms with Crippen LogP contribution in [0.4, 0.5) is 0 Å². The number of hydrogen-bond donors (Lipinski definition) is 1. The number of nitrogens with one attached hydrogen (secondary N) is 1. The third-order valence-corrected chi connectivity index (χ3v) is 4.83. The Morgan fingerprint density at radius 1 is 1.08 bits per heavy atom. The van der Waals surface area contributed by atoms with Crippen LogP contribution in [0, 0.1) is 0 Å². The lowest BCUT2D eigenvalue weighted by molar-refractivity contribution is -0.118. The Balaban J connectivity index is 1.76. The fraction of sp³-hybridized carbons (Fsp3) is 0.350. The van der Waals surface area contributed by atoms with Gasteiger partial charge in [0.05, 0.1) is 12.4 Å². The molecule has 0 saturated carbocycles. The van der Waals surface area contributed by atoms with Gasteiger partial charge in [0, 0.05) is 17.4 Å². The molecule has 0 heterocycles. The summed E-state index contributed by atoms with van der Waals surface area (Å²) in [6.07, 6.45) is 1.01. The van der Waals surface area contributed by atoms with E-state index in [-0.39, 0.29) is 5.91 Å². The third kappa shape index (κ3) is 5.93. The minimum atomic E-state index is 0.0725. The van der Waals surface area contributed by atoms with Crippen molar-refractivity contribution < 1.29 is 9.53 Å². The summed E-state index contributed by atoms with van der Waals surface area (Å²) in [4.78, 5) is 13.2. The largest absolute Gasteiger partial charge is 0.494 e. The fourth-order valence-electron chi connectivity index (χ4n) is 2.46. The lowest BCUT2D eigenvalue weighted by atomic mass is 9.96. The van der Waals surface area contributed by atoms with E-state index < -0.39 is 0 Å². The average molecular weight is 343 g/mol. The monoisotopic (exact) mass is 343 g/mol. The highest BCUT2D eigenvalue weighted by Gasteiger charge is 2.11. The number of ether oxygens (including phenoxy) is 1. The number of benzene rings is 2. The maximum absolute atomic E-state index is 12.1. The summed E-state index contributed by atoms with van der Waals surface area (Å²) in [6.45, 7) is 5.46. The number of thioether (sulfide) groups is 1. The Morgan fingerprint density at radius 3 is 2.42 bits per heavy atom. The van der Waals surface area contributed by atoms with Crippen LogP contribution < -0.4 is 10.1 Å². The van der Waals surface area contributed by atoms with Gasteiger partial charge >= 0.3 is 0 Å². The molecular weight excluding hydrogens is 318 g/mol. The number of hydrogen-bond acceptors (Lipinski definition) is 3. The second-order valence-electron chi connectivity index (χ2n) is 5.51. The van der Waals surface area contributed by atoms with Crippen LogP contribution in [0.2, 0.25) is 0 Å². The SMILES string of the molecule is CCOc1ccc(SCC(=O)NCC(CC)c2ccccc2)cc1. The zero-order chi connectivity index (χ0) is 17.2. The van der Waals surface area contributed by atoms with E-state index in [9.17, 15) is 4.79 Å². The molecule has 3 nitrogen and oxygen atoms in total. The van der Waals surface area contributed by atoms with Gasteiger partial charge in [0.1, 0.15) is 5.75 Å². The number of carbonyl (C=O) groups is 1. The van der Waals surface area contributed by atoms with E-state index in [4.69, 9.17) is 4.74 Å². The second-order valence-corrected chi connectivity index (χ2v) is 6.56. The summed E-state index contributed by atoms with van der Waals surface area (Å²) < 4.78 is 5.42. The van der Waals surface area contributed by atoms with Gasteiger partial charge in [-0.15, -0.1) is 11.8 Å². The smallest absolute Gasteiger partial charge is 0.230 e. The number of amides is 1. The summed E-state index contributed by atoms with van der Waals surface area (Å²) >= 11 is 1.54. The van der Waals surface area contributed by atoms with Gasteiger partial charge in [-0.05, 0) is 43.2 Å². The molecule has 1 unspecified atom stereocenters. The predicted molar refractivity (Wildman–Crippen MR) is 101 cm³/mol. The summed E-state index contributed by atoms with van der Waals surface area (Å²) in [6, 6.07) is 18.2. The maximum atomic E-state index is 12.1. The van der Waals surface area contributed by atoms with E-state index in [1.165, 1.54) is 5.56 Å². The van der Waals surface area contributed by atoms with Gasteiger partial charge in [0.15, 0.2) is 0 Å². The van der Waals surface area contributed by atoms with E-state index in [2.05, 4.69) is 24.4 Å². The molecule has 0 aliphatic carbocycles. The van der Waals surface area contributed by atoms with Crippen molar-refractivity contribution in [3.05, 3.63) is 60.2 Å². The molecule has 2 aromatic rings. The van der Waals surface area contributed by atoms with Crippen molar-refractivity contribution in [1.29, 1.82) is 0 Å². The minimum absolute atomic E-state index is 0.0725. The molecule has 24 heavy (non-hydrogen) atoms. The molecule has 0 aromatic heterocycles. The van der Waals surface area contributed by atoms with Gasteiger partial charge < -0.3 is 10.1 Å². The van der Waals surface area contributed by atoms with Gasteiger partial charge in [0.25, 0.3) is 0 Å². The molecule has 0 bridgehead atoms. The normalized spacial score (nSPS) is 11.8. The first-order chi connectivity index (χ1) is 11.7. The second kappa shape index (κ2) is 10.0. The number of rotatable bonds is 9. The summed E-state index contributed by atoms with van der Waals surface area (Å²) in [5.41, 5.74) is 1.28. The Labute approximate surface area is 148 Å². The molecule has 0 spiro atoms. The van der Waals surface area contributed by atoms with E-state index in [0.29, 0.717) is 24.8 Å². The number of carbonyl (C=O) groups excluding carboxylic acids is 1. The zero-order valence-electron chi connectivity index (χ0n) is 14.3. The highest BCUT2D eigenvalue weighted by molar-refractivity contribution is 8.00. The van der Waals surface area contributed by atoms with Crippen LogP contribution in [0.15, 0.2) is 59.5 Å². The van der Waals surface area contributed by atoms with E-state index in [1.807, 2.05) is 49.4 Å². The standard InChI is InChI=1S/C20H25NO2S/c1-3-16(17-8-6-5-7-9-17)14-21-20(22)15-24-19-12-10-18(11-13-19)23-4-2/h5-13,16H,3-4,14-15H2,1-2H3,(H,21,22). The van der Waals surface area contributed by atoms with E-state index in [1.54, 1.807) is 11.8 Å². The average Bonchev–Trinajstić information content (AvgIpc) is 2.63. The molecular formula is C20H25NO2S. The highest BCUT2D eigenvalue weighted by atomic mass is 32.2. The van der Waals surface area contributed by atoms with Crippen molar-refractivity contribution >= 4 is 17.7 Å². The lowest BCUT2D eigenvalue weighted by Crippen LogP contribution is -2.29. The Bertz CT molecular complexity index is 613. The predicted octanol–water partition coefficient (Wildman–Crippen LogP) is 4.49. The molecule has 4 heteroatoms. The maximum Gasteiger partial charge on any atom is 0.230 e. The molecule has 1 amide bonds. The summed E-state index contributed by atoms with van der Waals surface area (Å²) in [5.74, 6) is 1.73. The molecule has 0 fully saturated rings. The van der Waals surface area contributed by atoms with Gasteiger partial charge in [-0.25, -0.2) is 0 Å². The summed E-state index contributed by atoms with van der Waals surface area (Å²) in [5, 5.41) is 3.05. The first-order valence-corrected chi connectivity index (χ1v) is 9.38. The van der Waals surface area contributed by atoms with Gasteiger partial charge in [-0.3, -0.25) is 4.79 Å². The fourth-order valence-corrected chi connectivity index (χ4v) is 3.19. The van der Waals surface area contributed by atoms with Crippen molar-refractivity contribution in [2.45, 2.75) is 31.1 Å². The van der Waals surface area contributed by atoms with Crippen LogP contribution in [-0.2, 0) is 4.79 Å². The molecule has 0 radical (unpaired) electrons. The Kier molecular flexibility index (Phi) is 7.69. The topological polar surface area (TPSA) is 38.3 Å². The van der Waals surface area contributed by atoms with Crippen molar-refractivity contribution in [3.63, 3.8) is 0 Å². The van der Waals surface area contributed by atoms with Crippen molar-refractivity contribution in [2.24, 2.45) is 0 Å². The van der Waals surface area contributed by atoms with Crippen LogP contribution in [0.5, 0.6) is 5.75 Å². The quantitative estimate of drug-likeness (QED) is 0.682. The van der Waals surface area contributed by atoms with Gasteiger partial charge in [-0.2, -0.15) is 0 Å². The molecule has 0 saturated heterocycles. The molecule has 128 valence electrons. The Hall–Kier alpha value is -1.94. The van der Waals surface area contributed by atoms with Crippen molar-refractivity contribution in [1.82, 2.24) is 5.32 Å². The van der Waals surface area contributed by atoms with Crippen molar-refractivity contribution in [3.8, 4) is 5.75 Å². The van der Waals surface area contributed by atoms with Crippen LogP contribution in [0.25, 0.3) is 0 Å². The first-order valence-electron chi connectivity index (χ1n) is 8.40. The molecule has 1 atom stereocenters. The minimum Gasteiger partial charge on any atom is -0.494 e. The Morgan fingerprint density at radius 2 is 1.79 bits per heavy atom. The van der Waals surface area contributed by atoms with E-state index in [0.717, 1.165) is 17.1 Å². The third-order valence-electron chi connectivity index (χ3n) is 3.81. The first kappa shape index (κ1) is 18.4. The molecule has 0 aliphatic heterocycles. The highest BCUT2D eigenvalue weighted by Crippen LogP contribution is 2.22. The lowest BCUT2D eigenvalue weighted by Gasteiger charge is -2.16. The zero-order valence-corrected chi connectivity index (χ0v) is 15.1. The molecule has 1 N–H and O–H groups in total. The molecule has 2 aromatic carbocycles. The van der Waals surface area contributed by atoms with Crippen LogP contribution >= 0.6 is 11.8 Å². The van der Waals surface area contributed by atoms with Crippen LogP contribution in [0.1, 0.15) is 31.7 Å². The van der Waals surface area contributed by atoms with Gasteiger partial charge in [0.2, 0.25) is 5.91 Å². The van der Waals surface area contributed by atoms with Crippen LogP contribution in [-0.4, -0.2) is 24.8 Å². The van der Waals surface area contributed by atoms with Crippen molar-refractivity contribution in [2.75, 3.05) is 18.9 Å². The van der Waals surface area contributed by atoms with E-state index >= 15 is 0 Å². The molecule has 2 rings (SSSR count). The summed E-state index contributed by atoms with van der Waals surface area (Å²) in [7, 11) is 0.